The molecule has 2 heteroatoms. The third-order valence-electron chi connectivity index (χ3n) is 2.60. The third kappa shape index (κ3) is 1.42. The SMILES string of the molecule is Fc1ccccc1-c1cccc2s[c]cc12. The van der Waals surface area contributed by atoms with Gasteiger partial charge in [-0.3, -0.25) is 0 Å². The average Bonchev–Trinajstić information content (AvgIpc) is 2.77. The van der Waals surface area contributed by atoms with Crippen molar-refractivity contribution in [2.75, 3.05) is 0 Å². The zero-order chi connectivity index (χ0) is 11.0. The zero-order valence-corrected chi connectivity index (χ0v) is 9.22. The number of hydrogen-bond acceptors (Lipinski definition) is 1. The summed E-state index contributed by atoms with van der Waals surface area (Å²) in [4.78, 5) is 0. The maximum atomic E-state index is 13.7. The van der Waals surface area contributed by atoms with E-state index in [1.807, 2.05) is 36.4 Å². The van der Waals surface area contributed by atoms with Crippen molar-refractivity contribution < 1.29 is 4.39 Å². The van der Waals surface area contributed by atoms with E-state index in [2.05, 4.69) is 5.38 Å². The van der Waals surface area contributed by atoms with Gasteiger partial charge < -0.3 is 0 Å². The number of fused-ring (bicyclic) bond motifs is 1. The Morgan fingerprint density at radius 3 is 2.62 bits per heavy atom. The summed E-state index contributed by atoms with van der Waals surface area (Å²) >= 11 is 1.55. The van der Waals surface area contributed by atoms with Crippen molar-refractivity contribution in [3.05, 3.63) is 59.7 Å². The molecule has 0 atom stereocenters. The summed E-state index contributed by atoms with van der Waals surface area (Å²) in [5.74, 6) is -0.179. The van der Waals surface area contributed by atoms with Crippen LogP contribution in [0.15, 0.2) is 48.5 Å². The van der Waals surface area contributed by atoms with Gasteiger partial charge in [0.25, 0.3) is 0 Å². The van der Waals surface area contributed by atoms with E-state index in [1.54, 1.807) is 17.4 Å². The van der Waals surface area contributed by atoms with Crippen LogP contribution >= 0.6 is 11.3 Å². The smallest absolute Gasteiger partial charge is 0.131 e. The van der Waals surface area contributed by atoms with Crippen molar-refractivity contribution in [2.45, 2.75) is 0 Å². The molecule has 3 aromatic rings. The molecule has 1 aromatic heterocycles. The van der Waals surface area contributed by atoms with Gasteiger partial charge in [0.1, 0.15) is 5.82 Å². The van der Waals surface area contributed by atoms with Crippen LogP contribution in [0.1, 0.15) is 0 Å². The minimum absolute atomic E-state index is 0.179. The topological polar surface area (TPSA) is 0 Å². The Kier molecular flexibility index (Phi) is 2.22. The van der Waals surface area contributed by atoms with E-state index in [-0.39, 0.29) is 5.82 Å². The lowest BCUT2D eigenvalue weighted by molar-refractivity contribution is 0.631. The first kappa shape index (κ1) is 9.55. The van der Waals surface area contributed by atoms with E-state index >= 15 is 0 Å². The maximum Gasteiger partial charge on any atom is 0.131 e. The number of thiophene rings is 1. The van der Waals surface area contributed by atoms with Crippen molar-refractivity contribution in [2.24, 2.45) is 0 Å². The molecule has 0 N–H and O–H groups in total. The van der Waals surface area contributed by atoms with E-state index in [1.165, 1.54) is 6.07 Å². The van der Waals surface area contributed by atoms with Gasteiger partial charge >= 0.3 is 0 Å². The Morgan fingerprint density at radius 2 is 1.75 bits per heavy atom. The van der Waals surface area contributed by atoms with Crippen LogP contribution in [0.2, 0.25) is 0 Å². The van der Waals surface area contributed by atoms with Gasteiger partial charge in [0.2, 0.25) is 0 Å². The van der Waals surface area contributed by atoms with E-state index in [9.17, 15) is 4.39 Å². The normalized spacial score (nSPS) is 10.8. The second kappa shape index (κ2) is 3.72. The second-order valence-electron chi connectivity index (χ2n) is 3.56. The molecule has 3 rings (SSSR count). The van der Waals surface area contributed by atoms with Crippen LogP contribution in [0, 0.1) is 11.2 Å². The Balaban J connectivity index is 2.34. The highest BCUT2D eigenvalue weighted by Crippen LogP contribution is 2.32. The average molecular weight is 227 g/mol. The van der Waals surface area contributed by atoms with Gasteiger partial charge in [-0.2, -0.15) is 0 Å². The molecule has 0 unspecified atom stereocenters. The summed E-state index contributed by atoms with van der Waals surface area (Å²) in [5, 5.41) is 4.15. The van der Waals surface area contributed by atoms with Crippen LogP contribution < -0.4 is 0 Å². The number of benzene rings is 2. The lowest BCUT2D eigenvalue weighted by Crippen LogP contribution is -1.83. The molecule has 0 fully saturated rings. The molecule has 77 valence electrons. The molecule has 0 bridgehead atoms. The molecule has 0 aliphatic heterocycles. The van der Waals surface area contributed by atoms with Crippen LogP contribution in [0.3, 0.4) is 0 Å². The summed E-state index contributed by atoms with van der Waals surface area (Å²) < 4.78 is 14.8. The minimum Gasteiger partial charge on any atom is -0.206 e. The van der Waals surface area contributed by atoms with Crippen molar-refractivity contribution in [1.29, 1.82) is 0 Å². The van der Waals surface area contributed by atoms with Crippen molar-refractivity contribution in [3.8, 4) is 11.1 Å². The molecule has 1 radical (unpaired) electrons. The molecule has 0 aliphatic rings. The van der Waals surface area contributed by atoms with Gasteiger partial charge in [-0.05, 0) is 23.8 Å². The molecule has 0 aliphatic carbocycles. The molecular formula is C14H8FS. The number of hydrogen-bond donors (Lipinski definition) is 0. The Hall–Kier alpha value is -1.67. The van der Waals surface area contributed by atoms with Crippen LogP contribution in [-0.2, 0) is 0 Å². The van der Waals surface area contributed by atoms with Crippen molar-refractivity contribution in [3.63, 3.8) is 0 Å². The molecule has 2 aromatic carbocycles. The van der Waals surface area contributed by atoms with Crippen molar-refractivity contribution >= 4 is 21.4 Å². The summed E-state index contributed by atoms with van der Waals surface area (Å²) in [7, 11) is 0. The van der Waals surface area contributed by atoms with Crippen LogP contribution in [0.25, 0.3) is 21.2 Å². The molecule has 0 nitrogen and oxygen atoms in total. The molecule has 0 spiro atoms. The fraction of sp³-hybridized carbons (Fsp3) is 0. The van der Waals surface area contributed by atoms with E-state index in [4.69, 9.17) is 0 Å². The fourth-order valence-corrected chi connectivity index (χ4v) is 2.58. The summed E-state index contributed by atoms with van der Waals surface area (Å²) in [6.07, 6.45) is 0. The highest BCUT2D eigenvalue weighted by atomic mass is 32.1. The Bertz CT molecular complexity index is 640. The third-order valence-corrected chi connectivity index (χ3v) is 3.41. The van der Waals surface area contributed by atoms with Gasteiger partial charge in [-0.15, -0.1) is 11.3 Å². The monoisotopic (exact) mass is 227 g/mol. The lowest BCUT2D eigenvalue weighted by Gasteiger charge is -2.04. The zero-order valence-electron chi connectivity index (χ0n) is 8.41. The van der Waals surface area contributed by atoms with Crippen LogP contribution in [-0.4, -0.2) is 0 Å². The fourth-order valence-electron chi connectivity index (χ4n) is 1.85. The standard InChI is InChI=1S/C14H8FS/c15-13-6-2-1-4-11(13)10-5-3-7-14-12(10)8-9-16-14/h1-8H. The Labute approximate surface area is 97.0 Å². The predicted octanol–water partition coefficient (Wildman–Crippen LogP) is 4.51. The van der Waals surface area contributed by atoms with Gasteiger partial charge in [-0.1, -0.05) is 30.3 Å². The summed E-state index contributed by atoms with van der Waals surface area (Å²) in [5.41, 5.74) is 1.59. The number of rotatable bonds is 1. The first-order valence-corrected chi connectivity index (χ1v) is 5.81. The van der Waals surface area contributed by atoms with E-state index in [0.717, 1.165) is 15.6 Å². The quantitative estimate of drug-likeness (QED) is 0.574. The van der Waals surface area contributed by atoms with Gasteiger partial charge in [0, 0.05) is 21.0 Å². The first-order valence-electron chi connectivity index (χ1n) is 5.00. The largest absolute Gasteiger partial charge is 0.206 e. The molecular weight excluding hydrogens is 219 g/mol. The summed E-state index contributed by atoms with van der Waals surface area (Å²) in [6.45, 7) is 0. The first-order chi connectivity index (χ1) is 7.86. The highest BCUT2D eigenvalue weighted by molar-refractivity contribution is 7.16. The summed E-state index contributed by atoms with van der Waals surface area (Å²) in [6, 6.07) is 14.7. The van der Waals surface area contributed by atoms with E-state index < -0.39 is 0 Å². The molecule has 16 heavy (non-hydrogen) atoms. The molecule has 0 amide bonds. The predicted molar refractivity (Wildman–Crippen MR) is 66.1 cm³/mol. The van der Waals surface area contributed by atoms with Crippen molar-refractivity contribution in [1.82, 2.24) is 0 Å². The van der Waals surface area contributed by atoms with Gasteiger partial charge in [0.05, 0.1) is 0 Å². The van der Waals surface area contributed by atoms with Crippen LogP contribution in [0.4, 0.5) is 4.39 Å². The maximum absolute atomic E-state index is 13.7. The van der Waals surface area contributed by atoms with E-state index in [0.29, 0.717) is 5.56 Å². The molecule has 0 saturated heterocycles. The van der Waals surface area contributed by atoms with Gasteiger partial charge in [0.15, 0.2) is 0 Å². The van der Waals surface area contributed by atoms with Gasteiger partial charge in [-0.25, -0.2) is 4.39 Å². The highest BCUT2D eigenvalue weighted by Gasteiger charge is 2.08. The van der Waals surface area contributed by atoms with Crippen LogP contribution in [0.5, 0.6) is 0 Å². The Morgan fingerprint density at radius 1 is 0.938 bits per heavy atom. The molecule has 0 saturated carbocycles. The lowest BCUT2D eigenvalue weighted by atomic mass is 10.0. The number of halogens is 1. The molecule has 1 heterocycles. The minimum atomic E-state index is -0.179. The second-order valence-corrected chi connectivity index (χ2v) is 4.44.